The fourth-order valence-electron chi connectivity index (χ4n) is 1.20. The molecule has 1 atom stereocenters. The summed E-state index contributed by atoms with van der Waals surface area (Å²) >= 11 is 0. The number of likely N-dealkylation sites (N-methyl/N-ethyl adjacent to an activating group) is 1. The zero-order valence-corrected chi connectivity index (χ0v) is 10.0. The van der Waals surface area contributed by atoms with Crippen LogP contribution in [0.15, 0.2) is 0 Å². The number of nitrogens with one attached hydrogen (secondary N) is 1. The van der Waals surface area contributed by atoms with Crippen molar-refractivity contribution in [3.63, 3.8) is 0 Å². The van der Waals surface area contributed by atoms with Gasteiger partial charge in [0.2, 0.25) is 0 Å². The topological polar surface area (TPSA) is 30.5 Å². The van der Waals surface area contributed by atoms with E-state index in [4.69, 9.17) is 9.47 Å². The number of methoxy groups -OCH3 is 1. The third-order valence-corrected chi connectivity index (χ3v) is 2.02. The highest BCUT2D eigenvalue weighted by Crippen LogP contribution is 1.99. The first-order valence-corrected chi connectivity index (χ1v) is 5.50. The van der Waals surface area contributed by atoms with Gasteiger partial charge in [0, 0.05) is 13.7 Å². The van der Waals surface area contributed by atoms with Crippen molar-refractivity contribution in [3.05, 3.63) is 0 Å². The van der Waals surface area contributed by atoms with Crippen molar-refractivity contribution in [1.29, 1.82) is 0 Å². The largest absolute Gasteiger partial charge is 0.383 e. The SMILES string of the molecule is CCNC(COC)COCCC(C)C. The second-order valence-electron chi connectivity index (χ2n) is 3.97. The molecule has 0 aromatic rings. The van der Waals surface area contributed by atoms with Gasteiger partial charge in [-0.25, -0.2) is 0 Å². The Kier molecular flexibility index (Phi) is 9.35. The normalized spacial score (nSPS) is 13.5. The fourth-order valence-corrected chi connectivity index (χ4v) is 1.20. The van der Waals surface area contributed by atoms with Crippen molar-refractivity contribution < 1.29 is 9.47 Å². The van der Waals surface area contributed by atoms with E-state index >= 15 is 0 Å². The lowest BCUT2D eigenvalue weighted by Crippen LogP contribution is -2.37. The molecule has 0 radical (unpaired) electrons. The third kappa shape index (κ3) is 8.48. The van der Waals surface area contributed by atoms with Gasteiger partial charge in [-0.3, -0.25) is 0 Å². The number of hydrogen-bond donors (Lipinski definition) is 1. The summed E-state index contributed by atoms with van der Waals surface area (Å²) in [5, 5.41) is 3.32. The molecule has 0 aliphatic carbocycles. The van der Waals surface area contributed by atoms with Crippen LogP contribution in [-0.4, -0.2) is 39.5 Å². The summed E-state index contributed by atoms with van der Waals surface area (Å²) in [6, 6.07) is 0.331. The van der Waals surface area contributed by atoms with Crippen molar-refractivity contribution in [3.8, 4) is 0 Å². The molecular weight excluding hydrogens is 178 g/mol. The molecule has 0 saturated heterocycles. The number of ether oxygens (including phenoxy) is 2. The van der Waals surface area contributed by atoms with Crippen LogP contribution in [-0.2, 0) is 9.47 Å². The highest BCUT2D eigenvalue weighted by molar-refractivity contribution is 4.63. The van der Waals surface area contributed by atoms with Crippen molar-refractivity contribution in [1.82, 2.24) is 5.32 Å². The molecule has 0 bridgehead atoms. The maximum atomic E-state index is 5.57. The predicted octanol–water partition coefficient (Wildman–Crippen LogP) is 1.67. The summed E-state index contributed by atoms with van der Waals surface area (Å²) in [5.41, 5.74) is 0. The Hall–Kier alpha value is -0.120. The summed E-state index contributed by atoms with van der Waals surface area (Å²) < 4.78 is 10.7. The quantitative estimate of drug-likeness (QED) is 0.578. The van der Waals surface area contributed by atoms with Crippen LogP contribution in [0.3, 0.4) is 0 Å². The molecule has 0 spiro atoms. The molecule has 0 fully saturated rings. The van der Waals surface area contributed by atoms with Gasteiger partial charge >= 0.3 is 0 Å². The summed E-state index contributed by atoms with van der Waals surface area (Å²) in [6.07, 6.45) is 1.13. The van der Waals surface area contributed by atoms with Crippen LogP contribution >= 0.6 is 0 Å². The van der Waals surface area contributed by atoms with Gasteiger partial charge in [0.05, 0.1) is 19.3 Å². The summed E-state index contributed by atoms with van der Waals surface area (Å²) in [4.78, 5) is 0. The predicted molar refractivity (Wildman–Crippen MR) is 59.6 cm³/mol. The van der Waals surface area contributed by atoms with E-state index < -0.39 is 0 Å². The molecule has 0 aromatic carbocycles. The van der Waals surface area contributed by atoms with Crippen LogP contribution < -0.4 is 5.32 Å². The van der Waals surface area contributed by atoms with Gasteiger partial charge in [-0.2, -0.15) is 0 Å². The molecule has 86 valence electrons. The molecular formula is C11H25NO2. The standard InChI is InChI=1S/C11H25NO2/c1-5-12-11(8-13-4)9-14-7-6-10(2)3/h10-12H,5-9H2,1-4H3. The van der Waals surface area contributed by atoms with E-state index in [0.29, 0.717) is 6.04 Å². The van der Waals surface area contributed by atoms with Gasteiger partial charge in [-0.1, -0.05) is 20.8 Å². The van der Waals surface area contributed by atoms with E-state index in [-0.39, 0.29) is 0 Å². The van der Waals surface area contributed by atoms with Gasteiger partial charge in [0.25, 0.3) is 0 Å². The Labute approximate surface area is 88.2 Å². The first-order chi connectivity index (χ1) is 6.70. The average Bonchev–Trinajstić information content (AvgIpc) is 2.12. The lowest BCUT2D eigenvalue weighted by molar-refractivity contribution is 0.0698. The Morgan fingerprint density at radius 2 is 1.93 bits per heavy atom. The second kappa shape index (κ2) is 9.44. The average molecular weight is 203 g/mol. The second-order valence-corrected chi connectivity index (χ2v) is 3.97. The molecule has 0 saturated carbocycles. The smallest absolute Gasteiger partial charge is 0.0642 e. The molecule has 0 aliphatic heterocycles. The number of rotatable bonds is 9. The summed E-state index contributed by atoms with van der Waals surface area (Å²) in [7, 11) is 1.72. The van der Waals surface area contributed by atoms with Crippen LogP contribution in [0.2, 0.25) is 0 Å². The molecule has 0 aromatic heterocycles. The van der Waals surface area contributed by atoms with Gasteiger partial charge in [-0.05, 0) is 18.9 Å². The molecule has 0 aliphatic rings. The molecule has 0 heterocycles. The molecule has 3 heteroatoms. The lowest BCUT2D eigenvalue weighted by atomic mass is 10.1. The Morgan fingerprint density at radius 3 is 2.43 bits per heavy atom. The molecule has 0 rings (SSSR count). The highest BCUT2D eigenvalue weighted by atomic mass is 16.5. The molecule has 1 N–H and O–H groups in total. The summed E-state index contributed by atoms with van der Waals surface area (Å²) in [5.74, 6) is 0.718. The Balaban J connectivity index is 3.40. The first kappa shape index (κ1) is 13.9. The van der Waals surface area contributed by atoms with Gasteiger partial charge in [0.15, 0.2) is 0 Å². The minimum absolute atomic E-state index is 0.331. The van der Waals surface area contributed by atoms with E-state index in [2.05, 4.69) is 26.1 Å². The minimum atomic E-state index is 0.331. The Morgan fingerprint density at radius 1 is 1.21 bits per heavy atom. The van der Waals surface area contributed by atoms with Crippen LogP contribution in [0.4, 0.5) is 0 Å². The third-order valence-electron chi connectivity index (χ3n) is 2.02. The molecule has 1 unspecified atom stereocenters. The van der Waals surface area contributed by atoms with Crippen LogP contribution in [0.1, 0.15) is 27.2 Å². The first-order valence-electron chi connectivity index (χ1n) is 5.50. The summed E-state index contributed by atoms with van der Waals surface area (Å²) in [6.45, 7) is 9.78. The van der Waals surface area contributed by atoms with Gasteiger partial charge in [0.1, 0.15) is 0 Å². The Bertz CT molecular complexity index is 112. The van der Waals surface area contributed by atoms with E-state index in [1.54, 1.807) is 7.11 Å². The van der Waals surface area contributed by atoms with Crippen molar-refractivity contribution in [2.24, 2.45) is 5.92 Å². The van der Waals surface area contributed by atoms with Crippen LogP contribution in [0, 0.1) is 5.92 Å². The maximum Gasteiger partial charge on any atom is 0.0642 e. The van der Waals surface area contributed by atoms with Crippen LogP contribution in [0.25, 0.3) is 0 Å². The minimum Gasteiger partial charge on any atom is -0.383 e. The maximum absolute atomic E-state index is 5.57. The van der Waals surface area contributed by atoms with Crippen molar-refractivity contribution >= 4 is 0 Å². The monoisotopic (exact) mass is 203 g/mol. The van der Waals surface area contributed by atoms with Gasteiger partial charge < -0.3 is 14.8 Å². The van der Waals surface area contributed by atoms with Crippen molar-refractivity contribution in [2.75, 3.05) is 33.5 Å². The van der Waals surface area contributed by atoms with Gasteiger partial charge in [-0.15, -0.1) is 0 Å². The molecule has 14 heavy (non-hydrogen) atoms. The zero-order chi connectivity index (χ0) is 10.8. The highest BCUT2D eigenvalue weighted by Gasteiger charge is 2.06. The van der Waals surface area contributed by atoms with Crippen molar-refractivity contribution in [2.45, 2.75) is 33.2 Å². The van der Waals surface area contributed by atoms with E-state index in [9.17, 15) is 0 Å². The van der Waals surface area contributed by atoms with Crippen LogP contribution in [0.5, 0.6) is 0 Å². The van der Waals surface area contributed by atoms with E-state index in [0.717, 1.165) is 38.7 Å². The van der Waals surface area contributed by atoms with E-state index in [1.165, 1.54) is 0 Å². The lowest BCUT2D eigenvalue weighted by Gasteiger charge is -2.17. The molecule has 0 amide bonds. The van der Waals surface area contributed by atoms with E-state index in [1.807, 2.05) is 0 Å². The zero-order valence-electron chi connectivity index (χ0n) is 10.0. The molecule has 3 nitrogen and oxygen atoms in total. The number of hydrogen-bond acceptors (Lipinski definition) is 3. The fraction of sp³-hybridized carbons (Fsp3) is 1.00.